The number of likely N-dealkylation sites (tertiary alicyclic amines) is 1. The molecule has 0 saturated carbocycles. The lowest BCUT2D eigenvalue weighted by atomic mass is 9.87. The number of halogens is 1. The molecule has 1 atom stereocenters. The molecule has 1 heterocycles. The van der Waals surface area contributed by atoms with Crippen molar-refractivity contribution in [3.63, 3.8) is 0 Å². The predicted molar refractivity (Wildman–Crippen MR) is 81.6 cm³/mol. The van der Waals surface area contributed by atoms with Crippen molar-refractivity contribution in [1.82, 2.24) is 4.90 Å². The standard InChI is InChI=1S/C14H17BrN2O4/c1-8(13(18)19)9-6-17(7-9)14(20)16-10-3-4-12(21-2)11(15)5-10/h3-5,8-9H,6-7H2,1-2H3,(H,16,20)(H,18,19). The van der Waals surface area contributed by atoms with Crippen LogP contribution in [0.5, 0.6) is 5.75 Å². The summed E-state index contributed by atoms with van der Waals surface area (Å²) in [7, 11) is 1.57. The maximum Gasteiger partial charge on any atom is 0.321 e. The molecular formula is C14H17BrN2O4. The molecule has 0 bridgehead atoms. The zero-order valence-corrected chi connectivity index (χ0v) is 13.4. The van der Waals surface area contributed by atoms with Crippen molar-refractivity contribution in [3.8, 4) is 5.75 Å². The number of carboxylic acids is 1. The second kappa shape index (κ2) is 6.34. The molecule has 1 aromatic rings. The van der Waals surface area contributed by atoms with Gasteiger partial charge in [-0.25, -0.2) is 4.79 Å². The van der Waals surface area contributed by atoms with E-state index in [0.29, 0.717) is 24.5 Å². The Morgan fingerprint density at radius 3 is 2.67 bits per heavy atom. The van der Waals surface area contributed by atoms with E-state index in [1.807, 2.05) is 0 Å². The molecular weight excluding hydrogens is 340 g/mol. The van der Waals surface area contributed by atoms with Crippen molar-refractivity contribution in [2.24, 2.45) is 11.8 Å². The number of nitrogens with one attached hydrogen (secondary N) is 1. The van der Waals surface area contributed by atoms with Crippen LogP contribution in [0.4, 0.5) is 10.5 Å². The normalized spacial score (nSPS) is 16.0. The Labute approximate surface area is 131 Å². The van der Waals surface area contributed by atoms with Gasteiger partial charge in [0, 0.05) is 24.7 Å². The monoisotopic (exact) mass is 356 g/mol. The van der Waals surface area contributed by atoms with Gasteiger partial charge in [-0.1, -0.05) is 6.92 Å². The summed E-state index contributed by atoms with van der Waals surface area (Å²) < 4.78 is 5.88. The van der Waals surface area contributed by atoms with Crippen molar-refractivity contribution < 1.29 is 19.4 Å². The SMILES string of the molecule is COc1ccc(NC(=O)N2CC(C(C)C(=O)O)C2)cc1Br. The molecule has 1 saturated heterocycles. The van der Waals surface area contributed by atoms with Crippen LogP contribution in [0.3, 0.4) is 0 Å². The average Bonchev–Trinajstić information content (AvgIpc) is 2.36. The number of amides is 2. The molecule has 2 N–H and O–H groups in total. The second-order valence-corrected chi connectivity index (χ2v) is 5.93. The van der Waals surface area contributed by atoms with Crippen LogP contribution < -0.4 is 10.1 Å². The minimum absolute atomic E-state index is 0.0239. The molecule has 1 fully saturated rings. The van der Waals surface area contributed by atoms with Crippen LogP contribution in [0.15, 0.2) is 22.7 Å². The molecule has 0 aromatic heterocycles. The van der Waals surface area contributed by atoms with Crippen LogP contribution in [-0.2, 0) is 4.79 Å². The zero-order chi connectivity index (χ0) is 15.6. The first-order valence-corrected chi connectivity index (χ1v) is 7.34. The molecule has 1 aromatic carbocycles. The number of rotatable bonds is 4. The molecule has 7 heteroatoms. The summed E-state index contributed by atoms with van der Waals surface area (Å²) in [6.45, 7) is 2.61. The third kappa shape index (κ3) is 3.47. The maximum atomic E-state index is 12.0. The number of anilines is 1. The van der Waals surface area contributed by atoms with Gasteiger partial charge in [0.05, 0.1) is 17.5 Å². The summed E-state index contributed by atoms with van der Waals surface area (Å²) in [5.41, 5.74) is 0.655. The Hall–Kier alpha value is -1.76. The summed E-state index contributed by atoms with van der Waals surface area (Å²) in [5, 5.41) is 11.7. The highest BCUT2D eigenvalue weighted by Crippen LogP contribution is 2.29. The van der Waals surface area contributed by atoms with Gasteiger partial charge in [0.2, 0.25) is 0 Å². The van der Waals surface area contributed by atoms with E-state index in [0.717, 1.165) is 4.47 Å². The fourth-order valence-electron chi connectivity index (χ4n) is 2.14. The number of methoxy groups -OCH3 is 1. The number of nitrogens with zero attached hydrogens (tertiary/aromatic N) is 1. The van der Waals surface area contributed by atoms with Gasteiger partial charge in [-0.3, -0.25) is 4.79 Å². The molecule has 2 rings (SSSR count). The lowest BCUT2D eigenvalue weighted by Crippen LogP contribution is -2.54. The topological polar surface area (TPSA) is 78.9 Å². The first-order valence-electron chi connectivity index (χ1n) is 6.54. The van der Waals surface area contributed by atoms with Crippen molar-refractivity contribution in [2.75, 3.05) is 25.5 Å². The molecule has 6 nitrogen and oxygen atoms in total. The minimum atomic E-state index is -0.820. The number of hydrogen-bond donors (Lipinski definition) is 2. The predicted octanol–water partition coefficient (Wildman–Crippen LogP) is 2.64. The summed E-state index contributed by atoms with van der Waals surface area (Å²) in [6.07, 6.45) is 0. The number of ether oxygens (including phenoxy) is 1. The van der Waals surface area contributed by atoms with E-state index in [4.69, 9.17) is 9.84 Å². The van der Waals surface area contributed by atoms with E-state index in [9.17, 15) is 9.59 Å². The van der Waals surface area contributed by atoms with E-state index in [1.54, 1.807) is 37.1 Å². The highest BCUT2D eigenvalue weighted by atomic mass is 79.9. The number of urea groups is 1. The molecule has 0 radical (unpaired) electrons. The molecule has 1 aliphatic heterocycles. The summed E-state index contributed by atoms with van der Waals surface area (Å²) in [4.78, 5) is 24.5. The van der Waals surface area contributed by atoms with Gasteiger partial charge in [0.25, 0.3) is 0 Å². The van der Waals surface area contributed by atoms with Gasteiger partial charge in [-0.2, -0.15) is 0 Å². The Bertz CT molecular complexity index is 558. The maximum absolute atomic E-state index is 12.0. The van der Waals surface area contributed by atoms with Crippen molar-refractivity contribution in [1.29, 1.82) is 0 Å². The number of benzene rings is 1. The highest BCUT2D eigenvalue weighted by molar-refractivity contribution is 9.10. The number of aliphatic carboxylic acids is 1. The number of carboxylic acid groups (broad SMARTS) is 1. The van der Waals surface area contributed by atoms with Crippen LogP contribution in [0.25, 0.3) is 0 Å². The van der Waals surface area contributed by atoms with Gasteiger partial charge in [0.1, 0.15) is 5.75 Å². The minimum Gasteiger partial charge on any atom is -0.496 e. The van der Waals surface area contributed by atoms with E-state index in [-0.39, 0.29) is 11.9 Å². The first-order chi connectivity index (χ1) is 9.92. The quantitative estimate of drug-likeness (QED) is 0.868. The van der Waals surface area contributed by atoms with Crippen LogP contribution in [0, 0.1) is 11.8 Å². The van der Waals surface area contributed by atoms with Gasteiger partial charge in [-0.05, 0) is 34.1 Å². The molecule has 0 aliphatic carbocycles. The summed E-state index contributed by atoms with van der Waals surface area (Å²) >= 11 is 3.35. The van der Waals surface area contributed by atoms with Crippen LogP contribution in [0.2, 0.25) is 0 Å². The molecule has 114 valence electrons. The van der Waals surface area contributed by atoms with E-state index < -0.39 is 11.9 Å². The van der Waals surface area contributed by atoms with Crippen LogP contribution >= 0.6 is 15.9 Å². The molecule has 0 spiro atoms. The Balaban J connectivity index is 1.89. The first kappa shape index (κ1) is 15.6. The zero-order valence-electron chi connectivity index (χ0n) is 11.8. The fourth-order valence-corrected chi connectivity index (χ4v) is 2.68. The largest absolute Gasteiger partial charge is 0.496 e. The Kier molecular flexibility index (Phi) is 4.72. The third-order valence-corrected chi connectivity index (χ3v) is 4.32. The molecule has 2 amide bonds. The Morgan fingerprint density at radius 1 is 1.48 bits per heavy atom. The highest BCUT2D eigenvalue weighted by Gasteiger charge is 2.37. The second-order valence-electron chi connectivity index (χ2n) is 5.07. The summed E-state index contributed by atoms with van der Waals surface area (Å²) in [6, 6.07) is 5.04. The van der Waals surface area contributed by atoms with Gasteiger partial charge in [-0.15, -0.1) is 0 Å². The van der Waals surface area contributed by atoms with Gasteiger partial charge >= 0.3 is 12.0 Å². The van der Waals surface area contributed by atoms with Crippen LogP contribution in [0.1, 0.15) is 6.92 Å². The lowest BCUT2D eigenvalue weighted by Gasteiger charge is -2.41. The molecule has 1 aliphatic rings. The van der Waals surface area contributed by atoms with E-state index in [2.05, 4.69) is 21.2 Å². The lowest BCUT2D eigenvalue weighted by molar-refractivity contribution is -0.144. The van der Waals surface area contributed by atoms with E-state index in [1.165, 1.54) is 0 Å². The van der Waals surface area contributed by atoms with Crippen molar-refractivity contribution in [3.05, 3.63) is 22.7 Å². The van der Waals surface area contributed by atoms with Crippen molar-refractivity contribution in [2.45, 2.75) is 6.92 Å². The molecule has 1 unspecified atom stereocenters. The molecule has 21 heavy (non-hydrogen) atoms. The number of hydrogen-bond acceptors (Lipinski definition) is 3. The fraction of sp³-hybridized carbons (Fsp3) is 0.429. The van der Waals surface area contributed by atoms with Crippen molar-refractivity contribution >= 4 is 33.6 Å². The van der Waals surface area contributed by atoms with Gasteiger partial charge in [0.15, 0.2) is 0 Å². The number of carbonyl (C=O) groups is 2. The third-order valence-electron chi connectivity index (χ3n) is 3.70. The summed E-state index contributed by atoms with van der Waals surface area (Å²) in [5.74, 6) is -0.536. The number of carbonyl (C=O) groups excluding carboxylic acids is 1. The Morgan fingerprint density at radius 2 is 2.14 bits per heavy atom. The van der Waals surface area contributed by atoms with Gasteiger partial charge < -0.3 is 20.1 Å². The smallest absolute Gasteiger partial charge is 0.321 e. The average molecular weight is 357 g/mol. The van der Waals surface area contributed by atoms with Crippen LogP contribution in [-0.4, -0.2) is 42.2 Å². The van der Waals surface area contributed by atoms with E-state index >= 15 is 0 Å².